The summed E-state index contributed by atoms with van der Waals surface area (Å²) in [4.78, 5) is 23.7. The minimum Gasteiger partial charge on any atom is -0.449 e. The number of hydrogen-bond donors (Lipinski definition) is 1. The summed E-state index contributed by atoms with van der Waals surface area (Å²) < 4.78 is 31.9. The summed E-state index contributed by atoms with van der Waals surface area (Å²) >= 11 is 0. The fraction of sp³-hybridized carbons (Fsp3) is 0.158. The van der Waals surface area contributed by atoms with E-state index in [1.807, 2.05) is 31.2 Å². The Morgan fingerprint density at radius 3 is 2.40 bits per heavy atom. The number of ether oxygens (including phenoxy) is 1. The zero-order valence-corrected chi connectivity index (χ0v) is 13.8. The Bertz CT molecular complexity index is 798. The molecule has 1 atom stereocenters. The summed E-state index contributed by atoms with van der Waals surface area (Å²) in [5.74, 6) is -3.39. The number of amides is 1. The molecule has 0 aromatic heterocycles. The predicted molar refractivity (Wildman–Crippen MR) is 90.8 cm³/mol. The molecule has 0 radical (unpaired) electrons. The molecule has 130 valence electrons. The number of para-hydroxylation sites is 1. The first-order valence-electron chi connectivity index (χ1n) is 7.57. The Morgan fingerprint density at radius 1 is 1.12 bits per heavy atom. The maximum absolute atomic E-state index is 13.5. The van der Waals surface area contributed by atoms with Crippen molar-refractivity contribution in [2.24, 2.45) is 0 Å². The van der Waals surface area contributed by atoms with Gasteiger partial charge in [0.1, 0.15) is 17.3 Å². The molecule has 0 saturated carbocycles. The highest BCUT2D eigenvalue weighted by molar-refractivity contribution is 5.96. The second-order valence-corrected chi connectivity index (χ2v) is 5.41. The van der Waals surface area contributed by atoms with Crippen molar-refractivity contribution in [1.29, 1.82) is 0 Å². The normalized spacial score (nSPS) is 12.0. The van der Waals surface area contributed by atoms with E-state index in [9.17, 15) is 18.4 Å². The van der Waals surface area contributed by atoms with Gasteiger partial charge in [0.25, 0.3) is 5.91 Å². The molecule has 0 unspecified atom stereocenters. The molecule has 6 heteroatoms. The number of halogens is 2. The highest BCUT2D eigenvalue weighted by Gasteiger charge is 2.19. The third-order valence-electron chi connectivity index (χ3n) is 3.33. The smallest absolute Gasteiger partial charge is 0.331 e. The Kier molecular flexibility index (Phi) is 6.00. The zero-order chi connectivity index (χ0) is 18.4. The number of anilines is 1. The summed E-state index contributed by atoms with van der Waals surface area (Å²) in [7, 11) is 0. The van der Waals surface area contributed by atoms with E-state index in [0.717, 1.165) is 23.3 Å². The maximum Gasteiger partial charge on any atom is 0.331 e. The summed E-state index contributed by atoms with van der Waals surface area (Å²) in [5, 5.41) is 2.07. The van der Waals surface area contributed by atoms with Gasteiger partial charge in [0.15, 0.2) is 6.10 Å². The van der Waals surface area contributed by atoms with Gasteiger partial charge in [-0.15, -0.1) is 0 Å². The molecule has 0 aliphatic heterocycles. The molecule has 2 aromatic carbocycles. The van der Waals surface area contributed by atoms with Crippen LogP contribution in [0.25, 0.3) is 6.08 Å². The molecule has 4 nitrogen and oxygen atoms in total. The van der Waals surface area contributed by atoms with E-state index >= 15 is 0 Å². The van der Waals surface area contributed by atoms with E-state index in [-0.39, 0.29) is 0 Å². The lowest BCUT2D eigenvalue weighted by molar-refractivity contribution is -0.148. The number of benzene rings is 2. The number of rotatable bonds is 5. The van der Waals surface area contributed by atoms with Crippen molar-refractivity contribution in [3.8, 4) is 0 Å². The predicted octanol–water partition coefficient (Wildman–Crippen LogP) is 3.86. The van der Waals surface area contributed by atoms with Gasteiger partial charge in [0.2, 0.25) is 0 Å². The van der Waals surface area contributed by atoms with Crippen LogP contribution >= 0.6 is 0 Å². The third-order valence-corrected chi connectivity index (χ3v) is 3.33. The number of esters is 1. The van der Waals surface area contributed by atoms with Gasteiger partial charge in [-0.3, -0.25) is 4.79 Å². The second kappa shape index (κ2) is 8.19. The van der Waals surface area contributed by atoms with Gasteiger partial charge in [-0.2, -0.15) is 0 Å². The molecular weight excluding hydrogens is 328 g/mol. The van der Waals surface area contributed by atoms with Crippen LogP contribution in [0, 0.1) is 18.6 Å². The first-order valence-corrected chi connectivity index (χ1v) is 7.57. The minimum atomic E-state index is -1.21. The number of nitrogens with one attached hydrogen (secondary N) is 1. The first-order chi connectivity index (χ1) is 11.9. The minimum absolute atomic E-state index is 0.578. The maximum atomic E-state index is 13.5. The van der Waals surface area contributed by atoms with Crippen molar-refractivity contribution in [3.05, 3.63) is 71.3 Å². The lowest BCUT2D eigenvalue weighted by Crippen LogP contribution is -2.30. The highest BCUT2D eigenvalue weighted by atomic mass is 19.1. The fourth-order valence-electron chi connectivity index (χ4n) is 2.05. The number of hydrogen-bond acceptors (Lipinski definition) is 3. The molecular formula is C19H17F2NO3. The van der Waals surface area contributed by atoms with Crippen LogP contribution < -0.4 is 5.32 Å². The zero-order valence-electron chi connectivity index (χ0n) is 13.8. The Labute approximate surface area is 144 Å². The van der Waals surface area contributed by atoms with Crippen LogP contribution in [-0.4, -0.2) is 18.0 Å². The number of carbonyl (C=O) groups is 2. The van der Waals surface area contributed by atoms with E-state index < -0.39 is 35.3 Å². The second-order valence-electron chi connectivity index (χ2n) is 5.41. The van der Waals surface area contributed by atoms with E-state index in [2.05, 4.69) is 5.32 Å². The third kappa shape index (κ3) is 5.24. The number of aryl methyl sites for hydroxylation is 1. The molecule has 0 aliphatic rings. The first kappa shape index (κ1) is 18.3. The van der Waals surface area contributed by atoms with Crippen molar-refractivity contribution < 1.29 is 23.1 Å². The topological polar surface area (TPSA) is 55.4 Å². The van der Waals surface area contributed by atoms with E-state index in [1.165, 1.54) is 19.1 Å². The molecule has 2 rings (SSSR count). The van der Waals surface area contributed by atoms with E-state index in [1.54, 1.807) is 6.08 Å². The summed E-state index contributed by atoms with van der Waals surface area (Å²) in [6.07, 6.45) is 1.52. The SMILES string of the molecule is Cc1cccc(/C=C/C(=O)O[C@@H](C)C(=O)Nc2c(F)cccc2F)c1. The Hall–Kier alpha value is -3.02. The lowest BCUT2D eigenvalue weighted by Gasteiger charge is -2.13. The Balaban J connectivity index is 1.95. The van der Waals surface area contributed by atoms with Crippen molar-refractivity contribution in [2.75, 3.05) is 5.32 Å². The summed E-state index contributed by atoms with van der Waals surface area (Å²) in [6, 6.07) is 10.7. The molecule has 0 heterocycles. The monoisotopic (exact) mass is 345 g/mol. The largest absolute Gasteiger partial charge is 0.449 e. The lowest BCUT2D eigenvalue weighted by atomic mass is 10.1. The van der Waals surface area contributed by atoms with Crippen LogP contribution in [0.1, 0.15) is 18.1 Å². The molecule has 0 saturated heterocycles. The van der Waals surface area contributed by atoms with Crippen LogP contribution in [0.5, 0.6) is 0 Å². The molecule has 2 aromatic rings. The van der Waals surface area contributed by atoms with Crippen molar-refractivity contribution in [1.82, 2.24) is 0 Å². The summed E-state index contributed by atoms with van der Waals surface area (Å²) in [6.45, 7) is 3.23. The van der Waals surface area contributed by atoms with Gasteiger partial charge >= 0.3 is 5.97 Å². The molecule has 1 amide bonds. The molecule has 0 bridgehead atoms. The quantitative estimate of drug-likeness (QED) is 0.661. The van der Waals surface area contributed by atoms with E-state index in [4.69, 9.17) is 4.74 Å². The summed E-state index contributed by atoms with van der Waals surface area (Å²) in [5.41, 5.74) is 1.27. The van der Waals surface area contributed by atoms with Gasteiger partial charge in [-0.1, -0.05) is 35.9 Å². The molecule has 0 spiro atoms. The number of carbonyl (C=O) groups excluding carboxylic acids is 2. The van der Waals surface area contributed by atoms with Gasteiger partial charge in [0, 0.05) is 6.08 Å². The van der Waals surface area contributed by atoms with Gasteiger partial charge < -0.3 is 10.1 Å². The van der Waals surface area contributed by atoms with Gasteiger partial charge in [0.05, 0.1) is 0 Å². The average molecular weight is 345 g/mol. The van der Waals surface area contributed by atoms with Gasteiger partial charge in [-0.25, -0.2) is 13.6 Å². The molecule has 0 aliphatic carbocycles. The van der Waals surface area contributed by atoms with Crippen molar-refractivity contribution in [2.45, 2.75) is 20.0 Å². The Morgan fingerprint density at radius 2 is 1.76 bits per heavy atom. The standard InChI is InChI=1S/C19H17F2NO3/c1-12-5-3-6-14(11-12)9-10-17(23)25-13(2)19(24)22-18-15(20)7-4-8-16(18)21/h3-11,13H,1-2H3,(H,22,24)/b10-9+/t13-/m0/s1. The molecule has 1 N–H and O–H groups in total. The van der Waals surface area contributed by atoms with Crippen LogP contribution in [0.4, 0.5) is 14.5 Å². The van der Waals surface area contributed by atoms with Gasteiger partial charge in [-0.05, 0) is 37.6 Å². The van der Waals surface area contributed by atoms with Crippen molar-refractivity contribution >= 4 is 23.6 Å². The van der Waals surface area contributed by atoms with Crippen LogP contribution in [0.15, 0.2) is 48.5 Å². The van der Waals surface area contributed by atoms with Crippen LogP contribution in [-0.2, 0) is 14.3 Å². The average Bonchev–Trinajstić information content (AvgIpc) is 2.56. The van der Waals surface area contributed by atoms with E-state index in [0.29, 0.717) is 0 Å². The van der Waals surface area contributed by atoms with Crippen molar-refractivity contribution in [3.63, 3.8) is 0 Å². The highest BCUT2D eigenvalue weighted by Crippen LogP contribution is 2.18. The van der Waals surface area contributed by atoms with Crippen LogP contribution in [0.2, 0.25) is 0 Å². The molecule has 25 heavy (non-hydrogen) atoms. The molecule has 0 fully saturated rings. The fourth-order valence-corrected chi connectivity index (χ4v) is 2.05. The van der Waals surface area contributed by atoms with Crippen LogP contribution in [0.3, 0.4) is 0 Å².